The van der Waals surface area contributed by atoms with Gasteiger partial charge in [0.05, 0.1) is 11.2 Å². The zero-order valence-electron chi connectivity index (χ0n) is 11.7. The van der Waals surface area contributed by atoms with Gasteiger partial charge < -0.3 is 0 Å². The summed E-state index contributed by atoms with van der Waals surface area (Å²) in [6.45, 7) is 1.86. The molecule has 3 aromatic rings. The van der Waals surface area contributed by atoms with E-state index in [0.717, 1.165) is 10.9 Å². The lowest BCUT2D eigenvalue weighted by molar-refractivity contribution is 0.602. The van der Waals surface area contributed by atoms with Gasteiger partial charge >= 0.3 is 0 Å². The van der Waals surface area contributed by atoms with E-state index in [1.165, 1.54) is 6.07 Å². The molecular weight excluding hydrogens is 320 g/mol. The molecule has 0 fully saturated rings. The lowest BCUT2D eigenvalue weighted by atomic mass is 10.2. The second-order valence-corrected chi connectivity index (χ2v) is 6.96. The van der Waals surface area contributed by atoms with Crippen LogP contribution in [-0.4, -0.2) is 13.4 Å². The molecule has 0 spiro atoms. The fourth-order valence-electron chi connectivity index (χ4n) is 2.16. The van der Waals surface area contributed by atoms with Crippen LogP contribution in [0.1, 0.15) is 5.56 Å². The largest absolute Gasteiger partial charge is 0.280 e. The van der Waals surface area contributed by atoms with Gasteiger partial charge in [-0.15, -0.1) is 0 Å². The Morgan fingerprint density at radius 3 is 2.64 bits per heavy atom. The number of aryl methyl sites for hydroxylation is 1. The molecule has 0 amide bonds. The summed E-state index contributed by atoms with van der Waals surface area (Å²) in [6.07, 6.45) is 1.57. The molecule has 2 aromatic carbocycles. The van der Waals surface area contributed by atoms with Crippen molar-refractivity contribution in [3.63, 3.8) is 0 Å². The molecule has 112 valence electrons. The van der Waals surface area contributed by atoms with Crippen LogP contribution in [0.25, 0.3) is 10.9 Å². The minimum absolute atomic E-state index is 0.141. The quantitative estimate of drug-likeness (QED) is 0.788. The number of anilines is 1. The molecule has 0 radical (unpaired) electrons. The van der Waals surface area contributed by atoms with E-state index in [0.29, 0.717) is 16.2 Å². The van der Waals surface area contributed by atoms with E-state index < -0.39 is 10.0 Å². The topological polar surface area (TPSA) is 59.1 Å². The maximum atomic E-state index is 12.6. The first-order chi connectivity index (χ1) is 10.5. The lowest BCUT2D eigenvalue weighted by Gasteiger charge is -2.10. The van der Waals surface area contributed by atoms with Gasteiger partial charge in [-0.2, -0.15) is 0 Å². The number of hydrogen-bond acceptors (Lipinski definition) is 3. The zero-order chi connectivity index (χ0) is 15.7. The van der Waals surface area contributed by atoms with Crippen molar-refractivity contribution in [3.8, 4) is 0 Å². The molecular formula is C16H13ClN2O2S. The van der Waals surface area contributed by atoms with Crippen molar-refractivity contribution in [2.45, 2.75) is 11.8 Å². The van der Waals surface area contributed by atoms with Gasteiger partial charge in [0.15, 0.2) is 0 Å². The summed E-state index contributed by atoms with van der Waals surface area (Å²) < 4.78 is 27.8. The number of nitrogens with zero attached hydrogens (tertiary/aromatic N) is 1. The lowest BCUT2D eigenvalue weighted by Crippen LogP contribution is -2.13. The molecule has 3 rings (SSSR count). The molecule has 0 aliphatic rings. The maximum absolute atomic E-state index is 12.6. The van der Waals surface area contributed by atoms with E-state index >= 15 is 0 Å². The zero-order valence-corrected chi connectivity index (χ0v) is 13.3. The maximum Gasteiger partial charge on any atom is 0.264 e. The second kappa shape index (κ2) is 5.59. The first-order valence-electron chi connectivity index (χ1n) is 6.60. The van der Waals surface area contributed by atoms with Crippen molar-refractivity contribution < 1.29 is 8.42 Å². The number of pyridine rings is 1. The highest BCUT2D eigenvalue weighted by Crippen LogP contribution is 2.25. The van der Waals surface area contributed by atoms with E-state index in [1.807, 2.05) is 19.1 Å². The van der Waals surface area contributed by atoms with Crippen LogP contribution in [0.3, 0.4) is 0 Å². The number of aromatic nitrogens is 1. The molecule has 0 unspecified atom stereocenters. The summed E-state index contributed by atoms with van der Waals surface area (Å²) in [6, 6.07) is 13.7. The minimum Gasteiger partial charge on any atom is -0.280 e. The van der Waals surface area contributed by atoms with E-state index in [2.05, 4.69) is 9.71 Å². The highest BCUT2D eigenvalue weighted by atomic mass is 35.5. The second-order valence-electron chi connectivity index (χ2n) is 4.90. The fourth-order valence-corrected chi connectivity index (χ4v) is 3.57. The van der Waals surface area contributed by atoms with Crippen LogP contribution in [-0.2, 0) is 10.0 Å². The van der Waals surface area contributed by atoms with Gasteiger partial charge in [0, 0.05) is 16.6 Å². The molecule has 6 heteroatoms. The summed E-state index contributed by atoms with van der Waals surface area (Å²) in [5.74, 6) is 0. The van der Waals surface area contributed by atoms with Gasteiger partial charge in [-0.1, -0.05) is 35.9 Å². The molecule has 0 atom stereocenters. The monoisotopic (exact) mass is 332 g/mol. The molecule has 0 bridgehead atoms. The van der Waals surface area contributed by atoms with E-state index in [4.69, 9.17) is 11.6 Å². The third-order valence-corrected chi connectivity index (χ3v) is 5.13. The molecule has 0 saturated carbocycles. The van der Waals surface area contributed by atoms with E-state index in [9.17, 15) is 8.42 Å². The Morgan fingerprint density at radius 2 is 1.86 bits per heavy atom. The number of benzene rings is 2. The van der Waals surface area contributed by atoms with Crippen LogP contribution in [0.15, 0.2) is 59.6 Å². The molecule has 1 aromatic heterocycles. The molecule has 0 aliphatic carbocycles. The van der Waals surface area contributed by atoms with Crippen molar-refractivity contribution in [3.05, 3.63) is 65.3 Å². The first kappa shape index (κ1) is 14.8. The van der Waals surface area contributed by atoms with Crippen molar-refractivity contribution in [1.82, 2.24) is 4.98 Å². The van der Waals surface area contributed by atoms with Gasteiger partial charge in [0.25, 0.3) is 10.0 Å². The molecule has 4 nitrogen and oxygen atoms in total. The predicted molar refractivity (Wildman–Crippen MR) is 88.7 cm³/mol. The van der Waals surface area contributed by atoms with Crippen LogP contribution in [0.2, 0.25) is 5.02 Å². The number of hydrogen-bond donors (Lipinski definition) is 1. The van der Waals surface area contributed by atoms with Crippen molar-refractivity contribution in [2.24, 2.45) is 0 Å². The Balaban J connectivity index is 2.07. The summed E-state index contributed by atoms with van der Waals surface area (Å²) in [5.41, 5.74) is 1.75. The summed E-state index contributed by atoms with van der Waals surface area (Å²) >= 11 is 6.04. The Bertz CT molecular complexity index is 950. The molecule has 1 heterocycles. The van der Waals surface area contributed by atoms with Crippen molar-refractivity contribution >= 4 is 38.2 Å². The third-order valence-electron chi connectivity index (χ3n) is 3.31. The van der Waals surface area contributed by atoms with Crippen molar-refractivity contribution in [2.75, 3.05) is 4.72 Å². The average molecular weight is 333 g/mol. The highest BCUT2D eigenvalue weighted by molar-refractivity contribution is 7.93. The summed E-state index contributed by atoms with van der Waals surface area (Å²) in [7, 11) is -3.74. The average Bonchev–Trinajstić information content (AvgIpc) is 2.50. The van der Waals surface area contributed by atoms with Crippen molar-refractivity contribution in [1.29, 1.82) is 0 Å². The first-order valence-corrected chi connectivity index (χ1v) is 8.46. The smallest absolute Gasteiger partial charge is 0.264 e. The van der Waals surface area contributed by atoms with Gasteiger partial charge in [-0.25, -0.2) is 8.42 Å². The van der Waals surface area contributed by atoms with E-state index in [-0.39, 0.29) is 4.90 Å². The molecule has 22 heavy (non-hydrogen) atoms. The SMILES string of the molecule is Cc1ccc(NS(=O)(=O)c2cccc3cccnc23)cc1Cl. The fraction of sp³-hybridized carbons (Fsp3) is 0.0625. The molecule has 0 saturated heterocycles. The number of sulfonamides is 1. The molecule has 1 N–H and O–H groups in total. The van der Waals surface area contributed by atoms with Gasteiger partial charge in [0.2, 0.25) is 0 Å². The van der Waals surface area contributed by atoms with Gasteiger partial charge in [-0.05, 0) is 36.8 Å². The van der Waals surface area contributed by atoms with Crippen LogP contribution in [0, 0.1) is 6.92 Å². The number of fused-ring (bicyclic) bond motifs is 1. The Labute approximate surface area is 133 Å². The van der Waals surface area contributed by atoms with Crippen LogP contribution in [0.4, 0.5) is 5.69 Å². The Kier molecular flexibility index (Phi) is 3.76. The van der Waals surface area contributed by atoms with Gasteiger partial charge in [-0.3, -0.25) is 9.71 Å². The third kappa shape index (κ3) is 2.77. The normalized spacial score (nSPS) is 11.5. The number of nitrogens with one attached hydrogen (secondary N) is 1. The Hall–Kier alpha value is -2.11. The van der Waals surface area contributed by atoms with Crippen LogP contribution < -0.4 is 4.72 Å². The predicted octanol–water partition coefficient (Wildman–Crippen LogP) is 4.00. The number of para-hydroxylation sites is 1. The van der Waals surface area contributed by atoms with Crippen LogP contribution in [0.5, 0.6) is 0 Å². The minimum atomic E-state index is -3.74. The Morgan fingerprint density at radius 1 is 1.09 bits per heavy atom. The summed E-state index contributed by atoms with van der Waals surface area (Å²) in [4.78, 5) is 4.32. The molecule has 0 aliphatic heterocycles. The highest BCUT2D eigenvalue weighted by Gasteiger charge is 2.18. The van der Waals surface area contributed by atoms with Crippen LogP contribution >= 0.6 is 11.6 Å². The standard InChI is InChI=1S/C16H13ClN2O2S/c1-11-7-8-13(10-14(11)17)19-22(20,21)15-6-2-4-12-5-3-9-18-16(12)15/h2-10,19H,1H3. The van der Waals surface area contributed by atoms with Gasteiger partial charge in [0.1, 0.15) is 4.90 Å². The van der Waals surface area contributed by atoms with E-state index in [1.54, 1.807) is 36.5 Å². The number of rotatable bonds is 3. The summed E-state index contributed by atoms with van der Waals surface area (Å²) in [5, 5.41) is 1.28. The number of halogens is 1.